The Labute approximate surface area is 176 Å². The van der Waals surface area contributed by atoms with Crippen LogP contribution in [0.2, 0.25) is 0 Å². The monoisotopic (exact) mass is 415 g/mol. The molecule has 4 rings (SSSR count). The standard InChI is InChI=1S/C22H29N3O3S/c1-3-25-18(16-9-10-19-20(13-16)28-12-11-27-19)14-23-22(25)29-15(2)21(26)24-17-7-5-4-6-8-17/h9-10,13-15,17H,3-8,11-12H2,1-2H3,(H,24,26). The molecule has 0 saturated heterocycles. The summed E-state index contributed by atoms with van der Waals surface area (Å²) in [5, 5.41) is 3.90. The molecule has 1 amide bonds. The topological polar surface area (TPSA) is 65.4 Å². The van der Waals surface area contributed by atoms with Crippen molar-refractivity contribution in [2.45, 2.75) is 68.9 Å². The number of nitrogens with one attached hydrogen (secondary N) is 1. The Kier molecular flexibility index (Phi) is 6.33. The normalized spacial score (nSPS) is 17.7. The van der Waals surface area contributed by atoms with Crippen molar-refractivity contribution in [1.29, 1.82) is 0 Å². The van der Waals surface area contributed by atoms with Crippen molar-refractivity contribution < 1.29 is 14.3 Å². The Hall–Kier alpha value is -2.15. The van der Waals surface area contributed by atoms with Gasteiger partial charge in [-0.05, 0) is 44.9 Å². The number of rotatable bonds is 6. The van der Waals surface area contributed by atoms with Gasteiger partial charge in [0.1, 0.15) is 13.2 Å². The molecule has 2 aliphatic rings. The summed E-state index contributed by atoms with van der Waals surface area (Å²) < 4.78 is 13.5. The van der Waals surface area contributed by atoms with Crippen molar-refractivity contribution in [2.75, 3.05) is 13.2 Å². The molecule has 1 fully saturated rings. The van der Waals surface area contributed by atoms with E-state index in [1.165, 1.54) is 31.0 Å². The van der Waals surface area contributed by atoms with Crippen LogP contribution in [0.1, 0.15) is 46.0 Å². The van der Waals surface area contributed by atoms with Crippen LogP contribution < -0.4 is 14.8 Å². The molecule has 156 valence electrons. The average molecular weight is 416 g/mol. The van der Waals surface area contributed by atoms with Crippen LogP contribution in [0, 0.1) is 0 Å². The Morgan fingerprint density at radius 2 is 2.00 bits per heavy atom. The van der Waals surface area contributed by atoms with Crippen LogP contribution in [-0.4, -0.2) is 40.0 Å². The summed E-state index contributed by atoms with van der Waals surface area (Å²) in [7, 11) is 0. The molecule has 6 nitrogen and oxygen atoms in total. The van der Waals surface area contributed by atoms with Gasteiger partial charge < -0.3 is 19.4 Å². The summed E-state index contributed by atoms with van der Waals surface area (Å²) in [4.78, 5) is 17.3. The second kappa shape index (κ2) is 9.11. The van der Waals surface area contributed by atoms with Crippen LogP contribution in [0.3, 0.4) is 0 Å². The molecule has 1 N–H and O–H groups in total. The van der Waals surface area contributed by atoms with E-state index in [1.807, 2.05) is 31.3 Å². The van der Waals surface area contributed by atoms with E-state index in [-0.39, 0.29) is 11.2 Å². The third kappa shape index (κ3) is 4.55. The molecule has 1 aromatic carbocycles. The lowest BCUT2D eigenvalue weighted by atomic mass is 9.95. The molecule has 1 aromatic heterocycles. The lowest BCUT2D eigenvalue weighted by Crippen LogP contribution is -2.40. The zero-order valence-corrected chi connectivity index (χ0v) is 18.0. The fourth-order valence-corrected chi connectivity index (χ4v) is 4.93. The predicted octanol–water partition coefficient (Wildman–Crippen LogP) is 4.27. The number of imidazole rings is 1. The maximum absolute atomic E-state index is 12.7. The number of thioether (sulfide) groups is 1. The smallest absolute Gasteiger partial charge is 0.233 e. The summed E-state index contributed by atoms with van der Waals surface area (Å²) in [5.41, 5.74) is 2.06. The minimum absolute atomic E-state index is 0.105. The second-order valence-electron chi connectivity index (χ2n) is 7.63. The lowest BCUT2D eigenvalue weighted by Gasteiger charge is -2.24. The Balaban J connectivity index is 1.47. The Bertz CT molecular complexity index is 861. The third-order valence-electron chi connectivity index (χ3n) is 5.58. The molecule has 2 heterocycles. The van der Waals surface area contributed by atoms with Gasteiger partial charge in [0.2, 0.25) is 5.91 Å². The van der Waals surface area contributed by atoms with Gasteiger partial charge >= 0.3 is 0 Å². The van der Waals surface area contributed by atoms with Gasteiger partial charge in [0.15, 0.2) is 16.7 Å². The molecule has 0 radical (unpaired) electrons. The molecule has 1 aliphatic heterocycles. The molecule has 7 heteroatoms. The van der Waals surface area contributed by atoms with Crippen molar-refractivity contribution in [3.63, 3.8) is 0 Å². The van der Waals surface area contributed by atoms with Gasteiger partial charge in [0, 0.05) is 18.2 Å². The molecular formula is C22H29N3O3S. The van der Waals surface area contributed by atoms with E-state index in [0.29, 0.717) is 19.3 Å². The van der Waals surface area contributed by atoms with E-state index in [1.54, 1.807) is 0 Å². The quantitative estimate of drug-likeness (QED) is 0.714. The molecular weight excluding hydrogens is 386 g/mol. The summed E-state index contributed by atoms with van der Waals surface area (Å²) in [6, 6.07) is 6.32. The summed E-state index contributed by atoms with van der Waals surface area (Å²) in [6.07, 6.45) is 7.79. The van der Waals surface area contributed by atoms with Crippen LogP contribution in [-0.2, 0) is 11.3 Å². The van der Waals surface area contributed by atoms with Gasteiger partial charge in [-0.25, -0.2) is 4.98 Å². The summed E-state index contributed by atoms with van der Waals surface area (Å²) in [6.45, 7) is 5.99. The van der Waals surface area contributed by atoms with Crippen molar-refractivity contribution >= 4 is 17.7 Å². The van der Waals surface area contributed by atoms with Crippen LogP contribution in [0.25, 0.3) is 11.3 Å². The SMILES string of the molecule is CCn1c(-c2ccc3c(c2)OCCO3)cnc1SC(C)C(=O)NC1CCCCC1. The molecule has 1 atom stereocenters. The van der Waals surface area contributed by atoms with Gasteiger partial charge in [0.25, 0.3) is 0 Å². The molecule has 1 aliphatic carbocycles. The minimum atomic E-state index is -0.183. The highest BCUT2D eigenvalue weighted by Crippen LogP contribution is 2.36. The third-order valence-corrected chi connectivity index (χ3v) is 6.68. The van der Waals surface area contributed by atoms with Gasteiger partial charge in [-0.3, -0.25) is 4.79 Å². The number of nitrogens with zero attached hydrogens (tertiary/aromatic N) is 2. The first-order chi connectivity index (χ1) is 14.2. The number of carbonyl (C=O) groups is 1. The largest absolute Gasteiger partial charge is 0.486 e. The maximum Gasteiger partial charge on any atom is 0.233 e. The van der Waals surface area contributed by atoms with Crippen molar-refractivity contribution in [2.24, 2.45) is 0 Å². The summed E-state index contributed by atoms with van der Waals surface area (Å²) in [5.74, 6) is 1.66. The Morgan fingerprint density at radius 1 is 1.24 bits per heavy atom. The zero-order chi connectivity index (χ0) is 20.2. The average Bonchev–Trinajstić information content (AvgIpc) is 3.16. The number of amides is 1. The van der Waals surface area contributed by atoms with E-state index in [2.05, 4.69) is 21.8 Å². The molecule has 1 saturated carbocycles. The van der Waals surface area contributed by atoms with Crippen molar-refractivity contribution in [3.05, 3.63) is 24.4 Å². The number of ether oxygens (including phenoxy) is 2. The van der Waals surface area contributed by atoms with Gasteiger partial charge in [-0.2, -0.15) is 0 Å². The van der Waals surface area contributed by atoms with Crippen LogP contribution in [0.5, 0.6) is 11.5 Å². The molecule has 1 unspecified atom stereocenters. The van der Waals surface area contributed by atoms with Gasteiger partial charge in [0.05, 0.1) is 17.1 Å². The van der Waals surface area contributed by atoms with Gasteiger partial charge in [-0.1, -0.05) is 31.0 Å². The van der Waals surface area contributed by atoms with E-state index >= 15 is 0 Å². The molecule has 29 heavy (non-hydrogen) atoms. The van der Waals surface area contributed by atoms with Crippen LogP contribution >= 0.6 is 11.8 Å². The fraction of sp³-hybridized carbons (Fsp3) is 0.545. The lowest BCUT2D eigenvalue weighted by molar-refractivity contribution is -0.121. The van der Waals surface area contributed by atoms with Crippen LogP contribution in [0.15, 0.2) is 29.6 Å². The summed E-state index contributed by atoms with van der Waals surface area (Å²) >= 11 is 1.52. The maximum atomic E-state index is 12.7. The highest BCUT2D eigenvalue weighted by Gasteiger charge is 2.23. The first kappa shape index (κ1) is 20.1. The molecule has 2 aromatic rings. The predicted molar refractivity (Wildman–Crippen MR) is 115 cm³/mol. The number of aromatic nitrogens is 2. The van der Waals surface area contributed by atoms with E-state index < -0.39 is 0 Å². The van der Waals surface area contributed by atoms with E-state index in [0.717, 1.165) is 47.3 Å². The first-order valence-electron chi connectivity index (χ1n) is 10.6. The number of hydrogen-bond donors (Lipinski definition) is 1. The fourth-order valence-electron chi connectivity index (χ4n) is 3.97. The number of benzene rings is 1. The molecule has 0 spiro atoms. The zero-order valence-electron chi connectivity index (χ0n) is 17.1. The highest BCUT2D eigenvalue weighted by atomic mass is 32.2. The molecule has 0 bridgehead atoms. The minimum Gasteiger partial charge on any atom is -0.486 e. The van der Waals surface area contributed by atoms with Crippen molar-refractivity contribution in [3.8, 4) is 22.8 Å². The highest BCUT2D eigenvalue weighted by molar-refractivity contribution is 8.00. The Morgan fingerprint density at radius 3 is 2.76 bits per heavy atom. The van der Waals surface area contributed by atoms with Gasteiger partial charge in [-0.15, -0.1) is 0 Å². The van der Waals surface area contributed by atoms with Crippen molar-refractivity contribution in [1.82, 2.24) is 14.9 Å². The van der Waals surface area contributed by atoms with E-state index in [4.69, 9.17) is 9.47 Å². The van der Waals surface area contributed by atoms with E-state index in [9.17, 15) is 4.79 Å². The number of carbonyl (C=O) groups excluding carboxylic acids is 1. The first-order valence-corrected chi connectivity index (χ1v) is 11.5. The number of hydrogen-bond acceptors (Lipinski definition) is 5. The number of fused-ring (bicyclic) bond motifs is 1. The van der Waals surface area contributed by atoms with Crippen LogP contribution in [0.4, 0.5) is 0 Å². The second-order valence-corrected chi connectivity index (χ2v) is 8.94.